The zero-order chi connectivity index (χ0) is 11.4. The van der Waals surface area contributed by atoms with E-state index in [1.54, 1.807) is 6.92 Å². The van der Waals surface area contributed by atoms with E-state index in [2.05, 4.69) is 9.97 Å². The highest BCUT2D eigenvalue weighted by Gasteiger charge is 2.14. The molecule has 0 radical (unpaired) electrons. The molecule has 4 nitrogen and oxygen atoms in total. The van der Waals surface area contributed by atoms with Gasteiger partial charge in [-0.3, -0.25) is 4.79 Å². The summed E-state index contributed by atoms with van der Waals surface area (Å²) in [6.45, 7) is 4.23. The van der Waals surface area contributed by atoms with Gasteiger partial charge in [0.05, 0.1) is 5.56 Å². The molecule has 6 heteroatoms. The molecule has 0 amide bonds. The number of hydrogen-bond donors (Lipinski definition) is 0. The van der Waals surface area contributed by atoms with E-state index in [4.69, 9.17) is 27.9 Å². The molecule has 1 aromatic heterocycles. The maximum atomic E-state index is 10.8. The summed E-state index contributed by atoms with van der Waals surface area (Å²) in [5.41, 5.74) is 0.103. The van der Waals surface area contributed by atoms with E-state index in [9.17, 15) is 4.79 Å². The summed E-state index contributed by atoms with van der Waals surface area (Å²) in [5, 5.41) is -0.623. The Morgan fingerprint density at radius 1 is 1.67 bits per heavy atom. The maximum Gasteiger partial charge on any atom is 0.257 e. The molecule has 0 saturated heterocycles. The standard InChI is InChI=1S/C9H10Cl2N2O2/c1-3-15-5(2)9-12-4-6(8(11)14)7(10)13-9/h4-5H,3H2,1-2H3. The minimum Gasteiger partial charge on any atom is -0.371 e. The first kappa shape index (κ1) is 12.4. The van der Waals surface area contributed by atoms with Gasteiger partial charge in [0.15, 0.2) is 5.82 Å². The van der Waals surface area contributed by atoms with Crippen molar-refractivity contribution in [2.75, 3.05) is 6.61 Å². The first-order valence-electron chi connectivity index (χ1n) is 4.40. The topological polar surface area (TPSA) is 52.1 Å². The van der Waals surface area contributed by atoms with Crippen molar-refractivity contribution in [3.05, 3.63) is 22.7 Å². The molecule has 0 aliphatic carbocycles. The Hall–Kier alpha value is -0.710. The largest absolute Gasteiger partial charge is 0.371 e. The maximum absolute atomic E-state index is 10.8. The molecule has 1 atom stereocenters. The van der Waals surface area contributed by atoms with Gasteiger partial charge in [0.25, 0.3) is 5.24 Å². The van der Waals surface area contributed by atoms with Gasteiger partial charge < -0.3 is 4.74 Å². The van der Waals surface area contributed by atoms with E-state index in [0.717, 1.165) is 0 Å². The third-order valence-electron chi connectivity index (χ3n) is 1.75. The normalized spacial score (nSPS) is 12.5. The smallest absolute Gasteiger partial charge is 0.257 e. The van der Waals surface area contributed by atoms with Gasteiger partial charge in [0, 0.05) is 12.8 Å². The monoisotopic (exact) mass is 248 g/mol. The fourth-order valence-electron chi connectivity index (χ4n) is 1.03. The van der Waals surface area contributed by atoms with Crippen molar-refractivity contribution in [3.63, 3.8) is 0 Å². The Morgan fingerprint density at radius 3 is 2.80 bits per heavy atom. The van der Waals surface area contributed by atoms with Gasteiger partial charge in [-0.15, -0.1) is 0 Å². The number of carbonyl (C=O) groups excluding carboxylic acids is 1. The Balaban J connectivity index is 2.96. The zero-order valence-electron chi connectivity index (χ0n) is 8.33. The first-order valence-corrected chi connectivity index (χ1v) is 5.15. The number of rotatable bonds is 4. The quantitative estimate of drug-likeness (QED) is 0.607. The van der Waals surface area contributed by atoms with Crippen LogP contribution in [0.15, 0.2) is 6.20 Å². The predicted octanol–water partition coefficient (Wildman–Crippen LogP) is 2.61. The van der Waals surface area contributed by atoms with E-state index >= 15 is 0 Å². The van der Waals surface area contributed by atoms with Crippen molar-refractivity contribution in [2.45, 2.75) is 20.0 Å². The molecule has 1 rings (SSSR count). The van der Waals surface area contributed by atoms with Crippen molar-refractivity contribution >= 4 is 28.4 Å². The lowest BCUT2D eigenvalue weighted by Crippen LogP contribution is -2.07. The highest BCUT2D eigenvalue weighted by Crippen LogP contribution is 2.18. The minimum atomic E-state index is -0.671. The van der Waals surface area contributed by atoms with Crippen LogP contribution >= 0.6 is 23.2 Å². The lowest BCUT2D eigenvalue weighted by Gasteiger charge is -2.10. The lowest BCUT2D eigenvalue weighted by molar-refractivity contribution is 0.0700. The summed E-state index contributed by atoms with van der Waals surface area (Å²) < 4.78 is 5.28. The Morgan fingerprint density at radius 2 is 2.33 bits per heavy atom. The third-order valence-corrected chi connectivity index (χ3v) is 2.24. The first-order chi connectivity index (χ1) is 7.06. The van der Waals surface area contributed by atoms with E-state index in [0.29, 0.717) is 12.4 Å². The van der Waals surface area contributed by atoms with Crippen LogP contribution in [0, 0.1) is 0 Å². The van der Waals surface area contributed by atoms with Crippen LogP contribution in [0.4, 0.5) is 0 Å². The Kier molecular flexibility index (Phi) is 4.45. The summed E-state index contributed by atoms with van der Waals surface area (Å²) in [6, 6.07) is 0. The summed E-state index contributed by atoms with van der Waals surface area (Å²) >= 11 is 11.0. The zero-order valence-corrected chi connectivity index (χ0v) is 9.84. The van der Waals surface area contributed by atoms with Gasteiger partial charge in [-0.1, -0.05) is 11.6 Å². The number of nitrogens with zero attached hydrogens (tertiary/aromatic N) is 2. The Bertz CT molecular complexity index is 371. The molecule has 0 spiro atoms. The molecule has 82 valence electrons. The van der Waals surface area contributed by atoms with Crippen molar-refractivity contribution in [1.29, 1.82) is 0 Å². The SMILES string of the molecule is CCOC(C)c1ncc(C(=O)Cl)c(Cl)n1. The third kappa shape index (κ3) is 3.12. The van der Waals surface area contributed by atoms with Crippen LogP contribution in [0.1, 0.15) is 36.1 Å². The van der Waals surface area contributed by atoms with Crippen LogP contribution in [-0.2, 0) is 4.74 Å². The molecule has 0 fully saturated rings. The van der Waals surface area contributed by atoms with Crippen molar-refractivity contribution in [2.24, 2.45) is 0 Å². The van der Waals surface area contributed by atoms with Crippen LogP contribution < -0.4 is 0 Å². The van der Waals surface area contributed by atoms with Crippen LogP contribution in [0.25, 0.3) is 0 Å². The lowest BCUT2D eigenvalue weighted by atomic mass is 10.3. The predicted molar refractivity (Wildman–Crippen MR) is 57.3 cm³/mol. The number of hydrogen-bond acceptors (Lipinski definition) is 4. The number of halogens is 2. The fraction of sp³-hybridized carbons (Fsp3) is 0.444. The summed E-state index contributed by atoms with van der Waals surface area (Å²) in [6.07, 6.45) is 1.04. The molecule has 1 aromatic rings. The summed E-state index contributed by atoms with van der Waals surface area (Å²) in [4.78, 5) is 18.7. The molecule has 0 aromatic carbocycles. The van der Waals surface area contributed by atoms with Crippen molar-refractivity contribution < 1.29 is 9.53 Å². The van der Waals surface area contributed by atoms with Gasteiger partial charge in [-0.05, 0) is 25.4 Å². The van der Waals surface area contributed by atoms with Crippen LogP contribution in [-0.4, -0.2) is 21.8 Å². The molecular weight excluding hydrogens is 239 g/mol. The van der Waals surface area contributed by atoms with Crippen LogP contribution in [0.3, 0.4) is 0 Å². The van der Waals surface area contributed by atoms with E-state index in [1.165, 1.54) is 6.20 Å². The molecule has 1 heterocycles. The van der Waals surface area contributed by atoms with Gasteiger partial charge >= 0.3 is 0 Å². The summed E-state index contributed by atoms with van der Waals surface area (Å²) in [7, 11) is 0. The minimum absolute atomic E-state index is 0.0477. The van der Waals surface area contributed by atoms with Gasteiger partial charge in [0.1, 0.15) is 11.3 Å². The molecule has 0 aliphatic heterocycles. The molecule has 0 saturated carbocycles. The molecule has 1 unspecified atom stereocenters. The van der Waals surface area contributed by atoms with Crippen LogP contribution in [0.5, 0.6) is 0 Å². The van der Waals surface area contributed by atoms with E-state index in [-0.39, 0.29) is 16.8 Å². The van der Waals surface area contributed by atoms with E-state index < -0.39 is 5.24 Å². The van der Waals surface area contributed by atoms with E-state index in [1.807, 2.05) is 6.92 Å². The van der Waals surface area contributed by atoms with Crippen molar-refractivity contribution in [3.8, 4) is 0 Å². The highest BCUT2D eigenvalue weighted by atomic mass is 35.5. The fourth-order valence-corrected chi connectivity index (χ4v) is 1.43. The average molecular weight is 249 g/mol. The highest BCUT2D eigenvalue weighted by molar-refractivity contribution is 6.68. The second-order valence-electron chi connectivity index (χ2n) is 2.80. The van der Waals surface area contributed by atoms with Gasteiger partial charge in [0.2, 0.25) is 0 Å². The average Bonchev–Trinajstić information content (AvgIpc) is 2.17. The van der Waals surface area contributed by atoms with Crippen molar-refractivity contribution in [1.82, 2.24) is 9.97 Å². The summed E-state index contributed by atoms with van der Waals surface area (Å²) in [5.74, 6) is 0.434. The molecule has 15 heavy (non-hydrogen) atoms. The number of carbonyl (C=O) groups is 1. The number of aromatic nitrogens is 2. The second-order valence-corrected chi connectivity index (χ2v) is 3.51. The van der Waals surface area contributed by atoms with Crippen LogP contribution in [0.2, 0.25) is 5.15 Å². The molecule has 0 bridgehead atoms. The molecular formula is C9H10Cl2N2O2. The molecule has 0 aliphatic rings. The van der Waals surface area contributed by atoms with Gasteiger partial charge in [-0.25, -0.2) is 9.97 Å². The molecule has 0 N–H and O–H groups in total. The van der Waals surface area contributed by atoms with Gasteiger partial charge in [-0.2, -0.15) is 0 Å². The second kappa shape index (κ2) is 5.39. The number of ether oxygens (including phenoxy) is 1. The Labute approximate surface area is 97.6 Å².